The molecule has 2 aromatic carbocycles. The third-order valence-electron chi connectivity index (χ3n) is 6.56. The maximum atomic E-state index is 11.2. The summed E-state index contributed by atoms with van der Waals surface area (Å²) in [6.45, 7) is 5.92. The molecule has 0 amide bonds. The molecule has 2 aromatic rings. The fourth-order valence-electron chi connectivity index (χ4n) is 5.07. The summed E-state index contributed by atoms with van der Waals surface area (Å²) in [5.74, 6) is 1.29. The van der Waals surface area contributed by atoms with Crippen LogP contribution >= 0.6 is 0 Å². The van der Waals surface area contributed by atoms with Gasteiger partial charge in [0.05, 0.1) is 12.7 Å². The van der Waals surface area contributed by atoms with E-state index in [0.29, 0.717) is 5.92 Å². The van der Waals surface area contributed by atoms with Crippen molar-refractivity contribution in [3.05, 3.63) is 59.8 Å². The summed E-state index contributed by atoms with van der Waals surface area (Å²) < 4.78 is 5.36. The molecular formula is C22H24O2. The molecule has 0 radical (unpaired) electrons. The monoisotopic (exact) mass is 320 g/mol. The number of aryl methyl sites for hydroxylation is 1. The van der Waals surface area contributed by atoms with Gasteiger partial charge in [0.2, 0.25) is 0 Å². The van der Waals surface area contributed by atoms with Crippen LogP contribution in [0, 0.1) is 5.41 Å². The van der Waals surface area contributed by atoms with Crippen LogP contribution < -0.4 is 4.74 Å². The van der Waals surface area contributed by atoms with E-state index in [2.05, 4.69) is 43.5 Å². The highest BCUT2D eigenvalue weighted by molar-refractivity contribution is 5.88. The summed E-state index contributed by atoms with van der Waals surface area (Å²) in [4.78, 5) is 0. The first kappa shape index (κ1) is 15.5. The Balaban J connectivity index is 1.86. The third kappa shape index (κ3) is 1.94. The molecule has 0 aromatic heterocycles. The lowest BCUT2D eigenvalue weighted by molar-refractivity contribution is -0.0238. The van der Waals surface area contributed by atoms with E-state index < -0.39 is 5.60 Å². The molecule has 0 heterocycles. The van der Waals surface area contributed by atoms with Crippen LogP contribution in [0.2, 0.25) is 0 Å². The first-order chi connectivity index (χ1) is 11.5. The van der Waals surface area contributed by atoms with Crippen molar-refractivity contribution in [2.24, 2.45) is 5.41 Å². The van der Waals surface area contributed by atoms with Gasteiger partial charge >= 0.3 is 0 Å². The molecule has 0 aliphatic heterocycles. The second kappa shape index (κ2) is 5.24. The second-order valence-corrected chi connectivity index (χ2v) is 7.50. The van der Waals surface area contributed by atoms with Crippen molar-refractivity contribution in [2.75, 3.05) is 7.11 Å². The zero-order valence-electron chi connectivity index (χ0n) is 14.4. The zero-order valence-corrected chi connectivity index (χ0v) is 14.4. The maximum absolute atomic E-state index is 11.2. The summed E-state index contributed by atoms with van der Waals surface area (Å²) in [5, 5.41) is 13.7. The number of benzene rings is 2. The van der Waals surface area contributed by atoms with Crippen LogP contribution in [-0.2, 0) is 6.42 Å². The van der Waals surface area contributed by atoms with Crippen LogP contribution in [0.3, 0.4) is 0 Å². The molecule has 1 saturated carbocycles. The minimum Gasteiger partial charge on any atom is -0.497 e. The highest BCUT2D eigenvalue weighted by Crippen LogP contribution is 2.61. The molecule has 0 spiro atoms. The summed E-state index contributed by atoms with van der Waals surface area (Å²) >= 11 is 0. The molecule has 24 heavy (non-hydrogen) atoms. The van der Waals surface area contributed by atoms with Crippen LogP contribution in [0.5, 0.6) is 5.75 Å². The number of hydrogen-bond acceptors (Lipinski definition) is 2. The van der Waals surface area contributed by atoms with Crippen molar-refractivity contribution in [1.29, 1.82) is 0 Å². The number of methoxy groups -OCH3 is 1. The van der Waals surface area contributed by atoms with Crippen molar-refractivity contribution in [1.82, 2.24) is 0 Å². The highest BCUT2D eigenvalue weighted by atomic mass is 16.5. The molecule has 1 fully saturated rings. The molecule has 2 heteroatoms. The molecular weight excluding hydrogens is 296 g/mol. The minimum absolute atomic E-state index is 0.134. The molecule has 2 nitrogen and oxygen atoms in total. The van der Waals surface area contributed by atoms with Crippen molar-refractivity contribution in [3.8, 4) is 5.75 Å². The zero-order chi connectivity index (χ0) is 16.9. The predicted molar refractivity (Wildman–Crippen MR) is 97.6 cm³/mol. The fourth-order valence-corrected chi connectivity index (χ4v) is 5.07. The standard InChI is InChI=1S/C22H24O2/c1-4-11-22(23)13-10-20-19-7-5-15-14-16(24-3)6-8-17(15)18(19)9-12-21(20,22)2/h5-8,11,14,20,23H,1,9-10,12-13H2,2-3H3/t20-,21-,22-/m0/s1. The van der Waals surface area contributed by atoms with E-state index in [1.807, 2.05) is 6.07 Å². The van der Waals surface area contributed by atoms with Crippen molar-refractivity contribution < 1.29 is 9.84 Å². The fraction of sp³-hybridized carbons (Fsp3) is 0.409. The lowest BCUT2D eigenvalue weighted by atomic mass is 9.61. The SMILES string of the molecule is C=C=C[C@]1(O)CC[C@H]2c3ccc4cc(OC)ccc4c3CC[C@@]21C. The van der Waals surface area contributed by atoms with Gasteiger partial charge < -0.3 is 9.84 Å². The Morgan fingerprint density at radius 2 is 2.12 bits per heavy atom. The van der Waals surface area contributed by atoms with Gasteiger partial charge in [0.1, 0.15) is 5.75 Å². The molecule has 124 valence electrons. The smallest absolute Gasteiger partial charge is 0.119 e. The summed E-state index contributed by atoms with van der Waals surface area (Å²) in [7, 11) is 1.71. The van der Waals surface area contributed by atoms with Crippen LogP contribution in [-0.4, -0.2) is 17.8 Å². The topological polar surface area (TPSA) is 29.5 Å². The molecule has 0 saturated heterocycles. The molecule has 4 rings (SSSR count). The Labute approximate surface area is 143 Å². The van der Waals surface area contributed by atoms with Gasteiger partial charge in [0.25, 0.3) is 0 Å². The maximum Gasteiger partial charge on any atom is 0.119 e. The van der Waals surface area contributed by atoms with E-state index >= 15 is 0 Å². The second-order valence-electron chi connectivity index (χ2n) is 7.50. The Morgan fingerprint density at radius 1 is 1.29 bits per heavy atom. The van der Waals surface area contributed by atoms with Gasteiger partial charge in [-0.25, -0.2) is 0 Å². The van der Waals surface area contributed by atoms with E-state index in [9.17, 15) is 5.11 Å². The number of hydrogen-bond donors (Lipinski definition) is 1. The van der Waals surface area contributed by atoms with Crippen LogP contribution in [0.1, 0.15) is 43.2 Å². The Hall–Kier alpha value is -2.02. The van der Waals surface area contributed by atoms with Crippen LogP contribution in [0.4, 0.5) is 0 Å². The molecule has 0 unspecified atom stereocenters. The average Bonchev–Trinajstić information content (AvgIpc) is 2.86. The van der Waals surface area contributed by atoms with Gasteiger partial charge in [-0.15, -0.1) is 5.73 Å². The number of fused-ring (bicyclic) bond motifs is 5. The van der Waals surface area contributed by atoms with E-state index in [1.54, 1.807) is 13.2 Å². The minimum atomic E-state index is -0.786. The Kier molecular flexibility index (Phi) is 3.38. The van der Waals surface area contributed by atoms with Crippen LogP contribution in [0.25, 0.3) is 10.8 Å². The molecule has 2 aliphatic rings. The number of aliphatic hydroxyl groups is 1. The number of ether oxygens (including phenoxy) is 1. The van der Waals surface area contributed by atoms with Crippen molar-refractivity contribution in [3.63, 3.8) is 0 Å². The summed E-state index contributed by atoms with van der Waals surface area (Å²) in [6.07, 6.45) is 5.59. The first-order valence-electron chi connectivity index (χ1n) is 8.71. The van der Waals surface area contributed by atoms with Gasteiger partial charge in [-0.05, 0) is 71.7 Å². The third-order valence-corrected chi connectivity index (χ3v) is 6.56. The largest absolute Gasteiger partial charge is 0.497 e. The first-order valence-corrected chi connectivity index (χ1v) is 8.71. The summed E-state index contributed by atoms with van der Waals surface area (Å²) in [5.41, 5.74) is 4.78. The van der Waals surface area contributed by atoms with Gasteiger partial charge in [-0.1, -0.05) is 31.7 Å². The van der Waals surface area contributed by atoms with Gasteiger partial charge in [-0.3, -0.25) is 0 Å². The molecule has 2 aliphatic carbocycles. The Morgan fingerprint density at radius 3 is 2.88 bits per heavy atom. The lowest BCUT2D eigenvalue weighted by Gasteiger charge is -2.45. The van der Waals surface area contributed by atoms with E-state index in [4.69, 9.17) is 4.74 Å². The predicted octanol–water partition coefficient (Wildman–Crippen LogP) is 4.75. The van der Waals surface area contributed by atoms with E-state index in [1.165, 1.54) is 21.9 Å². The van der Waals surface area contributed by atoms with Gasteiger partial charge in [-0.2, -0.15) is 0 Å². The normalized spacial score (nSPS) is 31.2. The highest BCUT2D eigenvalue weighted by Gasteiger charge is 2.57. The van der Waals surface area contributed by atoms with Crippen molar-refractivity contribution >= 4 is 10.8 Å². The molecule has 3 atom stereocenters. The Bertz CT molecular complexity index is 862. The summed E-state index contributed by atoms with van der Waals surface area (Å²) in [6, 6.07) is 10.8. The van der Waals surface area contributed by atoms with Gasteiger partial charge in [0.15, 0.2) is 0 Å². The van der Waals surface area contributed by atoms with Gasteiger partial charge in [0, 0.05) is 5.41 Å². The molecule has 1 N–H and O–H groups in total. The van der Waals surface area contributed by atoms with E-state index in [0.717, 1.165) is 31.4 Å². The van der Waals surface area contributed by atoms with E-state index in [-0.39, 0.29) is 5.41 Å². The quantitative estimate of drug-likeness (QED) is 0.809. The lowest BCUT2D eigenvalue weighted by Crippen LogP contribution is -2.44. The van der Waals surface area contributed by atoms with Crippen LogP contribution in [0.15, 0.2) is 48.7 Å². The van der Waals surface area contributed by atoms with Crippen molar-refractivity contribution in [2.45, 2.75) is 44.1 Å². The molecule has 0 bridgehead atoms. The number of rotatable bonds is 2. The average molecular weight is 320 g/mol.